The monoisotopic (exact) mass is 175 g/mol. The third-order valence-corrected chi connectivity index (χ3v) is 1.61. The van der Waals surface area contributed by atoms with Gasteiger partial charge in [-0.25, -0.2) is 0 Å². The van der Waals surface area contributed by atoms with Crippen molar-refractivity contribution >= 4 is 0 Å². The van der Waals surface area contributed by atoms with Crippen LogP contribution < -0.4 is 4.84 Å². The van der Waals surface area contributed by atoms with Crippen molar-refractivity contribution in [2.24, 2.45) is 0 Å². The molecule has 0 aliphatic heterocycles. The van der Waals surface area contributed by atoms with Gasteiger partial charge in [-0.3, -0.25) is 0 Å². The third kappa shape index (κ3) is 1.82. The number of aromatic nitrogens is 1. The molecular weight excluding hydrogens is 166 g/mol. The highest BCUT2D eigenvalue weighted by molar-refractivity contribution is 5.22. The summed E-state index contributed by atoms with van der Waals surface area (Å²) in [5, 5.41) is 9.03. The Morgan fingerprint density at radius 3 is 2.46 bits per heavy atom. The minimum absolute atomic E-state index is 0.191. The van der Waals surface area contributed by atoms with Crippen molar-refractivity contribution in [3.63, 3.8) is 0 Å². The van der Waals surface area contributed by atoms with Crippen molar-refractivity contribution in [3.8, 4) is 11.5 Å². The predicted octanol–water partition coefficient (Wildman–Crippen LogP) is 2.04. The van der Waals surface area contributed by atoms with Crippen LogP contribution in [0.3, 0.4) is 0 Å². The fourth-order valence-corrected chi connectivity index (χ4v) is 1.03. The molecule has 2 rings (SSSR count). The van der Waals surface area contributed by atoms with Gasteiger partial charge in [-0.2, -0.15) is 4.73 Å². The molecule has 0 radical (unpaired) electrons. The minimum Gasteiger partial charge on any atom is -0.506 e. The summed E-state index contributed by atoms with van der Waals surface area (Å²) in [4.78, 5) is 5.36. The molecule has 1 N–H and O–H groups in total. The molecule has 0 unspecified atom stereocenters. The highest BCUT2D eigenvalue weighted by atomic mass is 16.7. The standard InChI is InChI=1S/C10H9NO2/c12-9-6-7-11(8-9)13-10-4-2-1-3-5-10/h1-8,12H. The highest BCUT2D eigenvalue weighted by Crippen LogP contribution is 2.12. The normalized spacial score (nSPS) is 9.85. The topological polar surface area (TPSA) is 34.4 Å². The smallest absolute Gasteiger partial charge is 0.155 e. The van der Waals surface area contributed by atoms with Crippen LogP contribution in [0.4, 0.5) is 0 Å². The van der Waals surface area contributed by atoms with E-state index in [4.69, 9.17) is 9.94 Å². The maximum atomic E-state index is 9.03. The van der Waals surface area contributed by atoms with Gasteiger partial charge in [-0.15, -0.1) is 0 Å². The summed E-state index contributed by atoms with van der Waals surface area (Å²) in [6, 6.07) is 10.9. The Hall–Kier alpha value is -1.90. The van der Waals surface area contributed by atoms with Crippen LogP contribution in [0, 0.1) is 0 Å². The number of rotatable bonds is 2. The van der Waals surface area contributed by atoms with E-state index in [1.54, 1.807) is 12.3 Å². The summed E-state index contributed by atoms with van der Waals surface area (Å²) in [6.07, 6.45) is 3.13. The van der Waals surface area contributed by atoms with Crippen LogP contribution in [-0.4, -0.2) is 9.84 Å². The molecule has 1 heterocycles. The number of para-hydroxylation sites is 1. The van der Waals surface area contributed by atoms with E-state index in [1.807, 2.05) is 30.3 Å². The van der Waals surface area contributed by atoms with E-state index in [9.17, 15) is 0 Å². The number of nitrogens with zero attached hydrogens (tertiary/aromatic N) is 1. The second-order valence-electron chi connectivity index (χ2n) is 2.63. The van der Waals surface area contributed by atoms with Gasteiger partial charge < -0.3 is 9.94 Å². The molecule has 0 atom stereocenters. The van der Waals surface area contributed by atoms with Crippen molar-refractivity contribution in [2.75, 3.05) is 0 Å². The van der Waals surface area contributed by atoms with Gasteiger partial charge in [0.2, 0.25) is 0 Å². The molecule has 2 aromatic rings. The Morgan fingerprint density at radius 2 is 1.85 bits per heavy atom. The Balaban J connectivity index is 2.15. The molecule has 3 nitrogen and oxygen atoms in total. The van der Waals surface area contributed by atoms with E-state index in [1.165, 1.54) is 10.9 Å². The summed E-state index contributed by atoms with van der Waals surface area (Å²) in [5.41, 5.74) is 0. The number of hydrogen-bond acceptors (Lipinski definition) is 2. The summed E-state index contributed by atoms with van der Waals surface area (Å²) >= 11 is 0. The zero-order chi connectivity index (χ0) is 9.10. The lowest BCUT2D eigenvalue weighted by Gasteiger charge is -2.03. The quantitative estimate of drug-likeness (QED) is 0.757. The van der Waals surface area contributed by atoms with Crippen molar-refractivity contribution in [2.45, 2.75) is 0 Å². The second-order valence-corrected chi connectivity index (χ2v) is 2.63. The molecule has 13 heavy (non-hydrogen) atoms. The van der Waals surface area contributed by atoms with Gasteiger partial charge in [-0.1, -0.05) is 18.2 Å². The molecule has 1 aromatic heterocycles. The van der Waals surface area contributed by atoms with Crippen LogP contribution in [0.25, 0.3) is 0 Å². The molecule has 0 bridgehead atoms. The van der Waals surface area contributed by atoms with E-state index < -0.39 is 0 Å². The zero-order valence-electron chi connectivity index (χ0n) is 6.92. The molecule has 0 saturated carbocycles. The van der Waals surface area contributed by atoms with Gasteiger partial charge in [-0.05, 0) is 12.1 Å². The zero-order valence-corrected chi connectivity index (χ0v) is 6.92. The number of aromatic hydroxyl groups is 1. The number of hydrogen-bond donors (Lipinski definition) is 1. The molecule has 0 aliphatic carbocycles. The maximum Gasteiger partial charge on any atom is 0.155 e. The van der Waals surface area contributed by atoms with Gasteiger partial charge in [0.1, 0.15) is 5.75 Å². The van der Waals surface area contributed by atoms with E-state index in [0.29, 0.717) is 0 Å². The van der Waals surface area contributed by atoms with Crippen LogP contribution in [0.2, 0.25) is 0 Å². The highest BCUT2D eigenvalue weighted by Gasteiger charge is 1.95. The van der Waals surface area contributed by atoms with Gasteiger partial charge in [0.05, 0.1) is 6.20 Å². The lowest BCUT2D eigenvalue weighted by molar-refractivity contribution is 0.215. The average Bonchev–Trinajstić information content (AvgIpc) is 2.53. The lowest BCUT2D eigenvalue weighted by Crippen LogP contribution is -2.00. The first-order valence-corrected chi connectivity index (χ1v) is 3.95. The Morgan fingerprint density at radius 1 is 1.08 bits per heavy atom. The van der Waals surface area contributed by atoms with Crippen molar-refractivity contribution in [1.82, 2.24) is 4.73 Å². The fourth-order valence-electron chi connectivity index (χ4n) is 1.03. The Bertz CT molecular complexity index is 381. The first-order valence-electron chi connectivity index (χ1n) is 3.95. The van der Waals surface area contributed by atoms with Crippen molar-refractivity contribution in [3.05, 3.63) is 48.8 Å². The van der Waals surface area contributed by atoms with Gasteiger partial charge >= 0.3 is 0 Å². The average molecular weight is 175 g/mol. The lowest BCUT2D eigenvalue weighted by atomic mass is 10.3. The van der Waals surface area contributed by atoms with E-state index in [0.717, 1.165) is 5.75 Å². The molecule has 0 fully saturated rings. The van der Waals surface area contributed by atoms with Gasteiger partial charge in [0.15, 0.2) is 5.75 Å². The van der Waals surface area contributed by atoms with Crippen LogP contribution in [0.1, 0.15) is 0 Å². The Kier molecular flexibility index (Phi) is 1.92. The van der Waals surface area contributed by atoms with Crippen LogP contribution >= 0.6 is 0 Å². The maximum absolute atomic E-state index is 9.03. The van der Waals surface area contributed by atoms with Crippen LogP contribution in [0.15, 0.2) is 48.8 Å². The summed E-state index contributed by atoms with van der Waals surface area (Å²) in [5.74, 6) is 0.925. The second kappa shape index (κ2) is 3.23. The van der Waals surface area contributed by atoms with E-state index in [2.05, 4.69) is 0 Å². The Labute approximate surface area is 75.8 Å². The molecule has 0 amide bonds. The van der Waals surface area contributed by atoms with Crippen LogP contribution in [0.5, 0.6) is 11.5 Å². The molecule has 0 aliphatic rings. The first-order chi connectivity index (χ1) is 6.34. The molecule has 0 spiro atoms. The van der Waals surface area contributed by atoms with Crippen molar-refractivity contribution < 1.29 is 9.94 Å². The minimum atomic E-state index is 0.191. The molecular formula is C10H9NO2. The van der Waals surface area contributed by atoms with E-state index in [-0.39, 0.29) is 5.75 Å². The molecule has 1 aromatic carbocycles. The number of benzene rings is 1. The summed E-state index contributed by atoms with van der Waals surface area (Å²) in [6.45, 7) is 0. The first kappa shape index (κ1) is 7.73. The summed E-state index contributed by atoms with van der Waals surface area (Å²) < 4.78 is 1.45. The van der Waals surface area contributed by atoms with E-state index >= 15 is 0 Å². The van der Waals surface area contributed by atoms with Crippen molar-refractivity contribution in [1.29, 1.82) is 0 Å². The molecule has 0 saturated heterocycles. The SMILES string of the molecule is Oc1ccn(Oc2ccccc2)c1. The third-order valence-electron chi connectivity index (χ3n) is 1.61. The van der Waals surface area contributed by atoms with Crippen LogP contribution in [-0.2, 0) is 0 Å². The van der Waals surface area contributed by atoms with Gasteiger partial charge in [0, 0.05) is 12.3 Å². The largest absolute Gasteiger partial charge is 0.506 e. The molecule has 66 valence electrons. The predicted molar refractivity (Wildman–Crippen MR) is 48.6 cm³/mol. The van der Waals surface area contributed by atoms with Gasteiger partial charge in [0.25, 0.3) is 0 Å². The fraction of sp³-hybridized carbons (Fsp3) is 0. The molecule has 3 heteroatoms. The summed E-state index contributed by atoms with van der Waals surface area (Å²) in [7, 11) is 0.